The predicted molar refractivity (Wildman–Crippen MR) is 156 cm³/mol. The number of nitrogens with zero attached hydrogens (tertiary/aromatic N) is 2. The Morgan fingerprint density at radius 1 is 0.659 bits per heavy atom. The number of carboxylic acids is 2. The summed E-state index contributed by atoms with van der Waals surface area (Å²) < 4.78 is 0. The third-order valence-corrected chi connectivity index (χ3v) is 5.69. The van der Waals surface area contributed by atoms with E-state index in [4.69, 9.17) is 19.8 Å². The van der Waals surface area contributed by atoms with E-state index in [0.29, 0.717) is 11.5 Å². The largest absolute Gasteiger partial charge is 2.00 e. The van der Waals surface area contributed by atoms with E-state index < -0.39 is 11.9 Å². The summed E-state index contributed by atoms with van der Waals surface area (Å²) in [6.07, 6.45) is 6.82. The van der Waals surface area contributed by atoms with Gasteiger partial charge in [-0.25, -0.2) is 0 Å². The van der Waals surface area contributed by atoms with Crippen LogP contribution in [0.2, 0.25) is 0 Å². The quantitative estimate of drug-likeness (QED) is 0.365. The average molecular weight is 606 g/mol. The standard InChI is InChI=1S/C28H32N2O2.2C2H4O2.Co/c1-5-19-13-21(7-3)27(31)23(15-19)17-29-25-9-11-26(12-10-25)30-18-24-16-20(6-2)14-22(8-4)28(24)32;2*1-2(3)4;/h9-18,31-32H,5-8H2,1-4H3;2*1H3,(H,3,4);/q;;;+2/p-2. The third-order valence-electron chi connectivity index (χ3n) is 5.69. The summed E-state index contributed by atoms with van der Waals surface area (Å²) >= 11 is 0. The summed E-state index contributed by atoms with van der Waals surface area (Å²) in [4.78, 5) is 26.8. The van der Waals surface area contributed by atoms with Crippen molar-refractivity contribution in [1.29, 1.82) is 0 Å². The van der Waals surface area contributed by atoms with E-state index in [2.05, 4.69) is 36.0 Å². The van der Waals surface area contributed by atoms with Gasteiger partial charge in [-0.3, -0.25) is 9.98 Å². The summed E-state index contributed by atoms with van der Waals surface area (Å²) in [7, 11) is 0. The van der Waals surface area contributed by atoms with Crippen molar-refractivity contribution < 1.29 is 46.8 Å². The summed E-state index contributed by atoms with van der Waals surface area (Å²) in [5.74, 6) is -1.56. The number of aryl methyl sites for hydroxylation is 4. The van der Waals surface area contributed by atoms with Crippen molar-refractivity contribution >= 4 is 35.7 Å². The van der Waals surface area contributed by atoms with Crippen molar-refractivity contribution in [3.63, 3.8) is 0 Å². The molecule has 0 saturated heterocycles. The number of aromatic hydroxyl groups is 2. The van der Waals surface area contributed by atoms with Gasteiger partial charge in [0.1, 0.15) is 11.5 Å². The maximum Gasteiger partial charge on any atom is 2.00 e. The van der Waals surface area contributed by atoms with Gasteiger partial charge in [0.15, 0.2) is 0 Å². The first-order valence-corrected chi connectivity index (χ1v) is 13.2. The van der Waals surface area contributed by atoms with Crippen molar-refractivity contribution in [1.82, 2.24) is 0 Å². The molecule has 8 nitrogen and oxygen atoms in total. The van der Waals surface area contributed by atoms with Gasteiger partial charge in [-0.05, 0) is 98.2 Å². The minimum absolute atomic E-state index is 0. The van der Waals surface area contributed by atoms with Gasteiger partial charge in [0, 0.05) is 35.5 Å². The van der Waals surface area contributed by atoms with Crippen LogP contribution in [0.15, 0.2) is 58.5 Å². The Kier molecular flexibility index (Phi) is 17.3. The molecule has 0 saturated carbocycles. The predicted octanol–water partition coefficient (Wildman–Crippen LogP) is 4.36. The SMILES string of the molecule is CC(=O)[O-].CC(=O)[O-].CCc1cc(C=Nc2ccc(N=Cc3cc(CC)cc(CC)c3O)cc2)c(O)c(CC)c1.[Co+2]. The molecule has 3 aromatic rings. The van der Waals surface area contributed by atoms with Crippen molar-refractivity contribution in [2.45, 2.75) is 67.2 Å². The number of carbonyl (C=O) groups is 2. The Morgan fingerprint density at radius 3 is 1.20 bits per heavy atom. The van der Waals surface area contributed by atoms with Gasteiger partial charge < -0.3 is 30.0 Å². The molecule has 9 heteroatoms. The molecule has 3 rings (SSSR count). The fourth-order valence-corrected chi connectivity index (χ4v) is 3.63. The molecule has 41 heavy (non-hydrogen) atoms. The Morgan fingerprint density at radius 2 is 0.951 bits per heavy atom. The summed E-state index contributed by atoms with van der Waals surface area (Å²) in [6, 6.07) is 15.6. The zero-order chi connectivity index (χ0) is 30.2. The van der Waals surface area contributed by atoms with Crippen LogP contribution in [0.4, 0.5) is 11.4 Å². The van der Waals surface area contributed by atoms with Crippen LogP contribution in [0.3, 0.4) is 0 Å². The molecule has 221 valence electrons. The summed E-state index contributed by atoms with van der Waals surface area (Å²) in [6.45, 7) is 10.2. The Balaban J connectivity index is 0.00000158. The Bertz CT molecular complexity index is 1220. The van der Waals surface area contributed by atoms with E-state index in [1.165, 1.54) is 11.1 Å². The number of carboxylic acid groups (broad SMARTS) is 2. The fraction of sp³-hybridized carbons (Fsp3) is 0.312. The van der Waals surface area contributed by atoms with Crippen LogP contribution in [0.5, 0.6) is 11.5 Å². The molecule has 0 aliphatic carbocycles. The molecule has 0 heterocycles. The average Bonchev–Trinajstić information content (AvgIpc) is 2.92. The topological polar surface area (TPSA) is 145 Å². The fourth-order valence-electron chi connectivity index (χ4n) is 3.63. The van der Waals surface area contributed by atoms with Crippen LogP contribution in [-0.2, 0) is 52.1 Å². The third kappa shape index (κ3) is 13.3. The molecule has 1 radical (unpaired) electrons. The second kappa shape index (κ2) is 19.2. The molecule has 0 aliphatic heterocycles. The Hall–Kier alpha value is -3.95. The number of hydrogen-bond acceptors (Lipinski definition) is 8. The van der Waals surface area contributed by atoms with Gasteiger partial charge in [0.05, 0.1) is 11.4 Å². The van der Waals surface area contributed by atoms with Crippen molar-refractivity contribution in [2.24, 2.45) is 9.98 Å². The number of benzene rings is 3. The number of hydrogen-bond donors (Lipinski definition) is 2. The van der Waals surface area contributed by atoms with Gasteiger partial charge in [0.25, 0.3) is 0 Å². The van der Waals surface area contributed by atoms with E-state index >= 15 is 0 Å². The first kappa shape index (κ1) is 37.0. The van der Waals surface area contributed by atoms with E-state index in [-0.39, 0.29) is 16.8 Å². The molecule has 0 aliphatic rings. The van der Waals surface area contributed by atoms with Crippen LogP contribution in [0, 0.1) is 0 Å². The molecule has 0 fully saturated rings. The van der Waals surface area contributed by atoms with Crippen molar-refractivity contribution in [3.8, 4) is 11.5 Å². The van der Waals surface area contributed by atoms with Gasteiger partial charge in [-0.1, -0.05) is 39.8 Å². The maximum atomic E-state index is 10.5. The van der Waals surface area contributed by atoms with Crippen molar-refractivity contribution in [2.75, 3.05) is 0 Å². The van der Waals surface area contributed by atoms with Gasteiger partial charge in [0.2, 0.25) is 0 Å². The molecular formula is C32H38CoN2O6. The summed E-state index contributed by atoms with van der Waals surface area (Å²) in [5, 5.41) is 38.7. The van der Waals surface area contributed by atoms with Crippen LogP contribution in [-0.4, -0.2) is 34.6 Å². The molecular weight excluding hydrogens is 567 g/mol. The number of rotatable bonds is 8. The van der Waals surface area contributed by atoms with Gasteiger partial charge in [-0.2, -0.15) is 0 Å². The van der Waals surface area contributed by atoms with E-state index in [9.17, 15) is 10.2 Å². The normalized spacial score (nSPS) is 10.3. The molecule has 0 aromatic heterocycles. The zero-order valence-electron chi connectivity index (χ0n) is 24.4. The molecule has 0 atom stereocenters. The second-order valence-electron chi connectivity index (χ2n) is 8.82. The molecule has 0 amide bonds. The summed E-state index contributed by atoms with van der Waals surface area (Å²) in [5.41, 5.74) is 7.30. The molecule has 3 aromatic carbocycles. The number of aliphatic imine (C=N–C) groups is 2. The first-order chi connectivity index (χ1) is 18.9. The van der Waals surface area contributed by atoms with E-state index in [1.54, 1.807) is 12.4 Å². The minimum atomic E-state index is -1.08. The monoisotopic (exact) mass is 605 g/mol. The second-order valence-corrected chi connectivity index (χ2v) is 8.82. The number of carbonyl (C=O) groups excluding carboxylic acids is 2. The van der Waals surface area contributed by atoms with Crippen LogP contribution in [0.25, 0.3) is 0 Å². The smallest absolute Gasteiger partial charge is 0.550 e. The molecule has 0 bridgehead atoms. The number of aliphatic carboxylic acids is 2. The molecule has 2 N–H and O–H groups in total. The van der Waals surface area contributed by atoms with Crippen LogP contribution in [0.1, 0.15) is 74.9 Å². The van der Waals surface area contributed by atoms with E-state index in [0.717, 1.165) is 73.2 Å². The van der Waals surface area contributed by atoms with E-state index in [1.807, 2.05) is 50.2 Å². The van der Waals surface area contributed by atoms with Crippen molar-refractivity contribution in [3.05, 3.63) is 81.9 Å². The van der Waals surface area contributed by atoms with Crippen LogP contribution < -0.4 is 10.2 Å². The Labute approximate surface area is 252 Å². The number of phenols is 2. The molecule has 0 spiro atoms. The van der Waals surface area contributed by atoms with Gasteiger partial charge >= 0.3 is 16.8 Å². The van der Waals surface area contributed by atoms with Crippen LogP contribution >= 0.6 is 0 Å². The zero-order valence-corrected chi connectivity index (χ0v) is 25.4. The molecule has 0 unspecified atom stereocenters. The number of phenolic OH excluding ortho intramolecular Hbond substituents is 2. The van der Waals surface area contributed by atoms with Gasteiger partial charge in [-0.15, -0.1) is 0 Å². The minimum Gasteiger partial charge on any atom is -0.550 e. The first-order valence-electron chi connectivity index (χ1n) is 13.2. The maximum absolute atomic E-state index is 10.5.